The maximum Gasteiger partial charge on any atom is 0.251 e. The molecule has 0 aromatic heterocycles. The number of carbonyl (C=O) groups is 1. The molecule has 1 unspecified atom stereocenters. The highest BCUT2D eigenvalue weighted by molar-refractivity contribution is 6.30. The fourth-order valence-corrected chi connectivity index (χ4v) is 2.95. The molecule has 5 heteroatoms. The summed E-state index contributed by atoms with van der Waals surface area (Å²) in [5.41, 5.74) is 1.11. The molecule has 1 aliphatic heterocycles. The van der Waals surface area contributed by atoms with Crippen molar-refractivity contribution in [3.05, 3.63) is 34.9 Å². The first kappa shape index (κ1) is 17.3. The van der Waals surface area contributed by atoms with Crippen molar-refractivity contribution in [2.24, 2.45) is 0 Å². The van der Waals surface area contributed by atoms with Crippen LogP contribution in [0.15, 0.2) is 24.3 Å². The van der Waals surface area contributed by atoms with Gasteiger partial charge in [-0.25, -0.2) is 0 Å². The van der Waals surface area contributed by atoms with E-state index in [-0.39, 0.29) is 11.3 Å². The van der Waals surface area contributed by atoms with Gasteiger partial charge in [-0.05, 0) is 30.5 Å². The minimum absolute atomic E-state index is 0.0875. The van der Waals surface area contributed by atoms with Gasteiger partial charge in [0.25, 0.3) is 5.91 Å². The third kappa shape index (κ3) is 4.00. The van der Waals surface area contributed by atoms with Crippen molar-refractivity contribution in [2.75, 3.05) is 26.4 Å². The number of hydrogen-bond donors (Lipinski definition) is 1. The summed E-state index contributed by atoms with van der Waals surface area (Å²) in [5, 5.41) is 3.76. The number of benzene rings is 1. The monoisotopic (exact) mass is 325 g/mol. The minimum Gasteiger partial charge on any atom is -0.376 e. The van der Waals surface area contributed by atoms with Crippen molar-refractivity contribution < 1.29 is 14.3 Å². The summed E-state index contributed by atoms with van der Waals surface area (Å²) in [5.74, 6) is -0.0973. The molecular weight excluding hydrogens is 302 g/mol. The molecule has 1 amide bonds. The largest absolute Gasteiger partial charge is 0.376 e. The van der Waals surface area contributed by atoms with Crippen molar-refractivity contribution in [1.29, 1.82) is 0 Å². The van der Waals surface area contributed by atoms with Gasteiger partial charge in [0.1, 0.15) is 0 Å². The van der Waals surface area contributed by atoms with Crippen LogP contribution in [0, 0.1) is 0 Å². The molecule has 1 aliphatic rings. The normalized spacial score (nSPS) is 19.0. The molecule has 1 fully saturated rings. The first-order chi connectivity index (χ1) is 10.6. The predicted octanol–water partition coefficient (Wildman–Crippen LogP) is 2.93. The first-order valence-corrected chi connectivity index (χ1v) is 8.22. The number of halogens is 1. The number of ether oxygens (including phenoxy) is 2. The molecule has 1 aromatic rings. The molecule has 2 rings (SSSR count). The van der Waals surface area contributed by atoms with E-state index in [0.717, 1.165) is 17.9 Å². The van der Waals surface area contributed by atoms with Gasteiger partial charge in [-0.15, -0.1) is 0 Å². The van der Waals surface area contributed by atoms with Gasteiger partial charge >= 0.3 is 0 Å². The maximum atomic E-state index is 12.2. The second kappa shape index (κ2) is 7.95. The van der Waals surface area contributed by atoms with Crippen molar-refractivity contribution >= 4 is 17.5 Å². The van der Waals surface area contributed by atoms with E-state index in [1.54, 1.807) is 0 Å². The van der Waals surface area contributed by atoms with Crippen LogP contribution in [-0.2, 0) is 19.7 Å². The van der Waals surface area contributed by atoms with Crippen LogP contribution in [-0.4, -0.2) is 38.4 Å². The lowest BCUT2D eigenvalue weighted by Gasteiger charge is -2.33. The van der Waals surface area contributed by atoms with Crippen LogP contribution in [0.5, 0.6) is 0 Å². The van der Waals surface area contributed by atoms with Crippen molar-refractivity contribution in [3.8, 4) is 0 Å². The predicted molar refractivity (Wildman–Crippen MR) is 87.3 cm³/mol. The molecule has 1 atom stereocenters. The van der Waals surface area contributed by atoms with E-state index in [4.69, 9.17) is 21.1 Å². The number of rotatable bonds is 6. The zero-order chi connectivity index (χ0) is 16.0. The van der Waals surface area contributed by atoms with Crippen molar-refractivity contribution in [1.82, 2.24) is 5.32 Å². The number of amides is 1. The third-order valence-electron chi connectivity index (χ3n) is 4.52. The highest BCUT2D eigenvalue weighted by Gasteiger charge is 2.31. The Morgan fingerprint density at radius 2 is 1.95 bits per heavy atom. The Kier molecular flexibility index (Phi) is 6.24. The molecule has 4 nitrogen and oxygen atoms in total. The molecular formula is C17H24ClNO3. The number of carbonyl (C=O) groups excluding carboxylic acids is 1. The average Bonchev–Trinajstić information content (AvgIpc) is 2.58. The van der Waals surface area contributed by atoms with Crippen LogP contribution >= 0.6 is 11.6 Å². The Hall–Kier alpha value is -1.10. The number of hydrogen-bond acceptors (Lipinski definition) is 3. The average molecular weight is 326 g/mol. The molecule has 122 valence electrons. The molecule has 0 saturated carbocycles. The maximum absolute atomic E-state index is 12.2. The molecule has 1 aromatic carbocycles. The Labute approximate surface area is 137 Å². The van der Waals surface area contributed by atoms with E-state index in [1.807, 2.05) is 24.3 Å². The van der Waals surface area contributed by atoms with Crippen LogP contribution in [0.3, 0.4) is 0 Å². The summed E-state index contributed by atoms with van der Waals surface area (Å²) >= 11 is 5.98. The van der Waals surface area contributed by atoms with E-state index in [1.165, 1.54) is 5.56 Å². The highest BCUT2D eigenvalue weighted by atomic mass is 35.5. The van der Waals surface area contributed by atoms with Gasteiger partial charge in [0.2, 0.25) is 0 Å². The molecule has 0 spiro atoms. The Morgan fingerprint density at radius 3 is 2.50 bits per heavy atom. The lowest BCUT2D eigenvalue weighted by molar-refractivity contribution is -0.147. The summed E-state index contributed by atoms with van der Waals surface area (Å²) in [7, 11) is 0. The van der Waals surface area contributed by atoms with Crippen molar-refractivity contribution in [3.63, 3.8) is 0 Å². The fraction of sp³-hybridized carbons (Fsp3) is 0.588. The molecule has 1 heterocycles. The van der Waals surface area contributed by atoms with Crippen LogP contribution in [0.1, 0.15) is 32.3 Å². The fourth-order valence-electron chi connectivity index (χ4n) is 2.82. The molecule has 1 N–H and O–H groups in total. The quantitative estimate of drug-likeness (QED) is 0.874. The van der Waals surface area contributed by atoms with Crippen molar-refractivity contribution in [2.45, 2.75) is 38.2 Å². The molecule has 0 bridgehead atoms. The smallest absolute Gasteiger partial charge is 0.251 e. The summed E-state index contributed by atoms with van der Waals surface area (Å²) in [6.07, 6.45) is 1.38. The molecule has 0 aliphatic carbocycles. The summed E-state index contributed by atoms with van der Waals surface area (Å²) in [4.78, 5) is 12.2. The van der Waals surface area contributed by atoms with Gasteiger partial charge in [-0.3, -0.25) is 4.79 Å². The molecule has 0 radical (unpaired) electrons. The van der Waals surface area contributed by atoms with Gasteiger partial charge < -0.3 is 14.8 Å². The van der Waals surface area contributed by atoms with Gasteiger partial charge in [0.05, 0.1) is 19.8 Å². The van der Waals surface area contributed by atoms with Gasteiger partial charge in [-0.1, -0.05) is 37.6 Å². The standard InChI is InChI=1S/C17H24ClNO3/c1-3-17(4-2,13-5-7-14(18)8-6-13)12-19-16(20)15-11-21-9-10-22-15/h5-8,15H,3-4,9-12H2,1-2H3,(H,19,20). The van der Waals surface area contributed by atoms with E-state index in [0.29, 0.717) is 26.4 Å². The van der Waals surface area contributed by atoms with Crippen LogP contribution in [0.2, 0.25) is 5.02 Å². The van der Waals surface area contributed by atoms with Gasteiger partial charge in [0.15, 0.2) is 6.10 Å². The second-order valence-electron chi connectivity index (χ2n) is 5.65. The lowest BCUT2D eigenvalue weighted by Crippen LogP contribution is -2.47. The van der Waals surface area contributed by atoms with E-state index >= 15 is 0 Å². The van der Waals surface area contributed by atoms with Gasteiger partial charge in [-0.2, -0.15) is 0 Å². The second-order valence-corrected chi connectivity index (χ2v) is 6.08. The topological polar surface area (TPSA) is 47.6 Å². The van der Waals surface area contributed by atoms with Crippen LogP contribution in [0.4, 0.5) is 0 Å². The minimum atomic E-state index is -0.495. The Morgan fingerprint density at radius 1 is 1.27 bits per heavy atom. The third-order valence-corrected chi connectivity index (χ3v) is 4.77. The summed E-state index contributed by atoms with van der Waals surface area (Å²) in [6, 6.07) is 7.89. The van der Waals surface area contributed by atoms with E-state index in [2.05, 4.69) is 19.2 Å². The highest BCUT2D eigenvalue weighted by Crippen LogP contribution is 2.31. The summed E-state index contributed by atoms with van der Waals surface area (Å²) in [6.45, 7) is 6.23. The number of nitrogens with one attached hydrogen (secondary N) is 1. The molecule has 22 heavy (non-hydrogen) atoms. The lowest BCUT2D eigenvalue weighted by atomic mass is 9.76. The first-order valence-electron chi connectivity index (χ1n) is 7.84. The van der Waals surface area contributed by atoms with E-state index < -0.39 is 6.10 Å². The van der Waals surface area contributed by atoms with Crippen LogP contribution < -0.4 is 5.32 Å². The summed E-state index contributed by atoms with van der Waals surface area (Å²) < 4.78 is 10.7. The Balaban J connectivity index is 2.04. The molecule has 1 saturated heterocycles. The zero-order valence-electron chi connectivity index (χ0n) is 13.2. The zero-order valence-corrected chi connectivity index (χ0v) is 14.0. The van der Waals surface area contributed by atoms with E-state index in [9.17, 15) is 4.79 Å². The Bertz CT molecular complexity index is 479. The van der Waals surface area contributed by atoms with Crippen LogP contribution in [0.25, 0.3) is 0 Å². The van der Waals surface area contributed by atoms with Gasteiger partial charge in [0, 0.05) is 17.0 Å². The SMILES string of the molecule is CCC(CC)(CNC(=O)C1COCCO1)c1ccc(Cl)cc1.